The second-order valence-electron chi connectivity index (χ2n) is 5.41. The highest BCUT2D eigenvalue weighted by Gasteiger charge is 2.16. The maximum absolute atomic E-state index is 5.72. The molecule has 1 saturated heterocycles. The van der Waals surface area contributed by atoms with Crippen molar-refractivity contribution in [2.75, 3.05) is 26.3 Å². The number of rotatable bonds is 5. The average molecular weight is 298 g/mol. The summed E-state index contributed by atoms with van der Waals surface area (Å²) in [4.78, 5) is 4.56. The molecule has 1 aliphatic rings. The number of aromatic nitrogens is 1. The van der Waals surface area contributed by atoms with Crippen molar-refractivity contribution < 1.29 is 9.47 Å². The van der Waals surface area contributed by atoms with E-state index in [4.69, 9.17) is 9.47 Å². The summed E-state index contributed by atoms with van der Waals surface area (Å²) in [5.74, 6) is 0.918. The van der Waals surface area contributed by atoms with Crippen molar-refractivity contribution in [3.8, 4) is 5.75 Å². The molecule has 0 bridgehead atoms. The number of ether oxygens (including phenoxy) is 2. The highest BCUT2D eigenvalue weighted by Crippen LogP contribution is 2.18. The van der Waals surface area contributed by atoms with Gasteiger partial charge in [0, 0.05) is 19.3 Å². The second kappa shape index (κ2) is 7.38. The van der Waals surface area contributed by atoms with Gasteiger partial charge in [0.15, 0.2) is 0 Å². The minimum Gasteiger partial charge on any atom is -0.494 e. The molecule has 1 aromatic carbocycles. The summed E-state index contributed by atoms with van der Waals surface area (Å²) in [6, 6.07) is 12.4. The van der Waals surface area contributed by atoms with Gasteiger partial charge in [-0.1, -0.05) is 18.2 Å². The van der Waals surface area contributed by atoms with Crippen molar-refractivity contribution in [2.45, 2.75) is 19.4 Å². The Kier molecular flexibility index (Phi) is 5.03. The van der Waals surface area contributed by atoms with Gasteiger partial charge in [0.25, 0.3) is 0 Å². The Morgan fingerprint density at radius 2 is 2.00 bits per heavy atom. The van der Waals surface area contributed by atoms with Gasteiger partial charge in [-0.25, -0.2) is 0 Å². The molecule has 1 aliphatic heterocycles. The van der Waals surface area contributed by atoms with E-state index in [-0.39, 0.29) is 6.10 Å². The Hall–Kier alpha value is -1.91. The third-order valence-electron chi connectivity index (χ3n) is 3.75. The standard InChI is InChI=1S/C18H22N2O2/c1-2-21-16-6-3-14(4-7-16)11-15-5-8-17(20-12-15)18-13-19-9-10-22-18/h3-8,12,18-19H,2,9-11,13H2,1H3. The van der Waals surface area contributed by atoms with Gasteiger partial charge in [0.2, 0.25) is 0 Å². The van der Waals surface area contributed by atoms with Gasteiger partial charge < -0.3 is 14.8 Å². The topological polar surface area (TPSA) is 43.4 Å². The number of benzene rings is 1. The first-order valence-electron chi connectivity index (χ1n) is 7.84. The van der Waals surface area contributed by atoms with Gasteiger partial charge in [-0.15, -0.1) is 0 Å². The summed E-state index contributed by atoms with van der Waals surface area (Å²) in [5.41, 5.74) is 3.47. The largest absolute Gasteiger partial charge is 0.494 e. The average Bonchev–Trinajstić information content (AvgIpc) is 2.58. The fourth-order valence-electron chi connectivity index (χ4n) is 2.59. The fraction of sp³-hybridized carbons (Fsp3) is 0.389. The SMILES string of the molecule is CCOc1ccc(Cc2ccc(C3CNCCO3)nc2)cc1. The smallest absolute Gasteiger partial charge is 0.119 e. The summed E-state index contributed by atoms with van der Waals surface area (Å²) in [5, 5.41) is 3.33. The van der Waals surface area contributed by atoms with Crippen LogP contribution in [0.5, 0.6) is 5.75 Å². The van der Waals surface area contributed by atoms with Crippen molar-refractivity contribution in [3.05, 3.63) is 59.4 Å². The Balaban J connectivity index is 1.62. The molecule has 22 heavy (non-hydrogen) atoms. The summed E-state index contributed by atoms with van der Waals surface area (Å²) >= 11 is 0. The molecule has 0 saturated carbocycles. The monoisotopic (exact) mass is 298 g/mol. The fourth-order valence-corrected chi connectivity index (χ4v) is 2.59. The van der Waals surface area contributed by atoms with Crippen LogP contribution in [0.2, 0.25) is 0 Å². The first kappa shape index (κ1) is 15.0. The van der Waals surface area contributed by atoms with E-state index < -0.39 is 0 Å². The molecule has 1 aromatic heterocycles. The Morgan fingerprint density at radius 1 is 1.18 bits per heavy atom. The number of nitrogens with zero attached hydrogens (tertiary/aromatic N) is 1. The van der Waals surface area contributed by atoms with Crippen LogP contribution in [0.3, 0.4) is 0 Å². The van der Waals surface area contributed by atoms with Gasteiger partial charge >= 0.3 is 0 Å². The summed E-state index contributed by atoms with van der Waals surface area (Å²) in [7, 11) is 0. The Labute approximate surface area is 131 Å². The second-order valence-corrected chi connectivity index (χ2v) is 5.41. The zero-order chi connectivity index (χ0) is 15.2. The van der Waals surface area contributed by atoms with E-state index in [9.17, 15) is 0 Å². The van der Waals surface area contributed by atoms with Crippen LogP contribution >= 0.6 is 0 Å². The predicted molar refractivity (Wildman–Crippen MR) is 86.2 cm³/mol. The third-order valence-corrected chi connectivity index (χ3v) is 3.75. The maximum Gasteiger partial charge on any atom is 0.119 e. The first-order chi connectivity index (χ1) is 10.8. The zero-order valence-corrected chi connectivity index (χ0v) is 12.9. The molecule has 1 N–H and O–H groups in total. The summed E-state index contributed by atoms with van der Waals surface area (Å²) < 4.78 is 11.2. The molecule has 4 heteroatoms. The van der Waals surface area contributed by atoms with Crippen LogP contribution in [0, 0.1) is 0 Å². The Morgan fingerprint density at radius 3 is 2.64 bits per heavy atom. The molecule has 1 unspecified atom stereocenters. The predicted octanol–water partition coefficient (Wildman–Crippen LogP) is 2.73. The molecule has 2 aromatic rings. The zero-order valence-electron chi connectivity index (χ0n) is 12.9. The number of hydrogen-bond donors (Lipinski definition) is 1. The molecule has 0 radical (unpaired) electrons. The van der Waals surface area contributed by atoms with E-state index in [1.165, 1.54) is 11.1 Å². The van der Waals surface area contributed by atoms with Crippen molar-refractivity contribution in [3.63, 3.8) is 0 Å². The molecule has 3 rings (SSSR count). The van der Waals surface area contributed by atoms with Crippen LogP contribution in [0.25, 0.3) is 0 Å². The van der Waals surface area contributed by atoms with Crippen LogP contribution in [0.1, 0.15) is 29.8 Å². The maximum atomic E-state index is 5.72. The number of hydrogen-bond acceptors (Lipinski definition) is 4. The van der Waals surface area contributed by atoms with E-state index >= 15 is 0 Å². The normalized spacial score (nSPS) is 18.1. The summed E-state index contributed by atoms with van der Waals surface area (Å²) in [6.45, 7) is 5.20. The van der Waals surface area contributed by atoms with E-state index in [0.717, 1.165) is 37.6 Å². The van der Waals surface area contributed by atoms with Crippen molar-refractivity contribution in [1.29, 1.82) is 0 Å². The van der Waals surface area contributed by atoms with E-state index in [1.807, 2.05) is 25.3 Å². The van der Waals surface area contributed by atoms with Crippen LogP contribution in [-0.2, 0) is 11.2 Å². The van der Waals surface area contributed by atoms with Crippen LogP contribution < -0.4 is 10.1 Å². The van der Waals surface area contributed by atoms with E-state index in [1.54, 1.807) is 0 Å². The number of pyridine rings is 1. The molecular weight excluding hydrogens is 276 g/mol. The summed E-state index contributed by atoms with van der Waals surface area (Å²) in [6.07, 6.45) is 2.90. The lowest BCUT2D eigenvalue weighted by Crippen LogP contribution is -2.33. The van der Waals surface area contributed by atoms with Gasteiger partial charge in [-0.3, -0.25) is 4.98 Å². The molecule has 4 nitrogen and oxygen atoms in total. The molecule has 0 aliphatic carbocycles. The van der Waals surface area contributed by atoms with Crippen molar-refractivity contribution in [2.24, 2.45) is 0 Å². The number of morpholine rings is 1. The molecule has 2 heterocycles. The van der Waals surface area contributed by atoms with Gasteiger partial charge in [0.05, 0.1) is 18.9 Å². The van der Waals surface area contributed by atoms with Crippen molar-refractivity contribution in [1.82, 2.24) is 10.3 Å². The highest BCUT2D eigenvalue weighted by atomic mass is 16.5. The third kappa shape index (κ3) is 3.84. The van der Waals surface area contributed by atoms with Gasteiger partial charge in [0.1, 0.15) is 11.9 Å². The molecule has 1 fully saturated rings. The molecule has 1 atom stereocenters. The molecular formula is C18H22N2O2. The minimum absolute atomic E-state index is 0.0771. The van der Waals surface area contributed by atoms with E-state index in [2.05, 4.69) is 34.6 Å². The van der Waals surface area contributed by atoms with Crippen LogP contribution in [-0.4, -0.2) is 31.3 Å². The molecule has 0 spiro atoms. The lowest BCUT2D eigenvalue weighted by Gasteiger charge is -2.23. The quantitative estimate of drug-likeness (QED) is 0.922. The van der Waals surface area contributed by atoms with Crippen molar-refractivity contribution >= 4 is 0 Å². The van der Waals surface area contributed by atoms with Crippen LogP contribution in [0.15, 0.2) is 42.6 Å². The Bertz CT molecular complexity index is 575. The lowest BCUT2D eigenvalue weighted by atomic mass is 10.1. The minimum atomic E-state index is 0.0771. The first-order valence-corrected chi connectivity index (χ1v) is 7.84. The van der Waals surface area contributed by atoms with Gasteiger partial charge in [-0.2, -0.15) is 0 Å². The van der Waals surface area contributed by atoms with Gasteiger partial charge in [-0.05, 0) is 42.7 Å². The van der Waals surface area contributed by atoms with Crippen LogP contribution in [0.4, 0.5) is 0 Å². The molecule has 0 amide bonds. The highest BCUT2D eigenvalue weighted by molar-refractivity contribution is 5.31. The molecule has 116 valence electrons. The number of nitrogens with one attached hydrogen (secondary N) is 1. The lowest BCUT2D eigenvalue weighted by molar-refractivity contribution is 0.0250. The van der Waals surface area contributed by atoms with E-state index in [0.29, 0.717) is 6.61 Å².